The van der Waals surface area contributed by atoms with E-state index in [1.165, 1.54) is 23.6 Å². The fourth-order valence-electron chi connectivity index (χ4n) is 3.62. The number of rotatable bonds is 9. The minimum Gasteiger partial charge on any atom is -0.466 e. The van der Waals surface area contributed by atoms with Gasteiger partial charge >= 0.3 is 5.97 Å². The van der Waals surface area contributed by atoms with Crippen molar-refractivity contribution in [2.24, 2.45) is 0 Å². The van der Waals surface area contributed by atoms with Crippen molar-refractivity contribution in [3.05, 3.63) is 72.8 Å². The summed E-state index contributed by atoms with van der Waals surface area (Å²) in [6.45, 7) is 7.14. The standard InChI is InChI=1S/C24H32O4Si/c1-24(2,3)29(21-13-7-5-8-14-21,22-15-9-6-10-16-22)28-19-18-20(25)12-11-17-23(26)27-4/h5-11,13-17,20,25H,12,18-19H2,1-4H3/b17-11+/t20-/m1/s1. The highest BCUT2D eigenvalue weighted by Crippen LogP contribution is 2.36. The third-order valence-corrected chi connectivity index (χ3v) is 10.1. The molecule has 0 fully saturated rings. The molecule has 2 aromatic carbocycles. The number of ether oxygens (including phenoxy) is 1. The summed E-state index contributed by atoms with van der Waals surface area (Å²) in [6, 6.07) is 20.9. The first-order chi connectivity index (χ1) is 13.8. The van der Waals surface area contributed by atoms with Crippen molar-refractivity contribution < 1.29 is 19.1 Å². The van der Waals surface area contributed by atoms with Gasteiger partial charge in [0.2, 0.25) is 0 Å². The number of methoxy groups -OCH3 is 1. The minimum absolute atomic E-state index is 0.0918. The average Bonchev–Trinajstić information content (AvgIpc) is 2.71. The SMILES string of the molecule is COC(=O)/C=C/C[C@@H](O)CCO[Si](c1ccccc1)(c1ccccc1)C(C)(C)C. The quantitative estimate of drug-likeness (QED) is 0.389. The van der Waals surface area contributed by atoms with E-state index in [9.17, 15) is 9.90 Å². The van der Waals surface area contributed by atoms with Crippen LogP contribution in [0.25, 0.3) is 0 Å². The Hall–Kier alpha value is -2.21. The molecule has 2 aromatic rings. The molecule has 4 nitrogen and oxygen atoms in total. The summed E-state index contributed by atoms with van der Waals surface area (Å²) < 4.78 is 11.3. The number of hydrogen-bond donors (Lipinski definition) is 1. The number of aliphatic hydroxyl groups is 1. The van der Waals surface area contributed by atoms with Gasteiger partial charge < -0.3 is 14.3 Å². The van der Waals surface area contributed by atoms with Crippen LogP contribution in [0.1, 0.15) is 33.6 Å². The first-order valence-corrected chi connectivity index (χ1v) is 11.9. The van der Waals surface area contributed by atoms with Gasteiger partial charge in [0, 0.05) is 12.7 Å². The Morgan fingerprint density at radius 2 is 1.55 bits per heavy atom. The van der Waals surface area contributed by atoms with Gasteiger partial charge in [0.1, 0.15) is 0 Å². The summed E-state index contributed by atoms with van der Waals surface area (Å²) in [7, 11) is -1.24. The summed E-state index contributed by atoms with van der Waals surface area (Å²) in [6.07, 6.45) is 3.29. The lowest BCUT2D eigenvalue weighted by molar-refractivity contribution is -0.134. The Balaban J connectivity index is 2.23. The molecule has 0 aliphatic carbocycles. The Kier molecular flexibility index (Phi) is 8.38. The van der Waals surface area contributed by atoms with Crippen LogP contribution in [-0.4, -0.2) is 39.2 Å². The van der Waals surface area contributed by atoms with Crippen molar-refractivity contribution >= 4 is 24.7 Å². The molecule has 0 unspecified atom stereocenters. The van der Waals surface area contributed by atoms with Crippen molar-refractivity contribution in [1.29, 1.82) is 0 Å². The number of carbonyl (C=O) groups excluding carboxylic acids is 1. The van der Waals surface area contributed by atoms with Crippen LogP contribution in [0.3, 0.4) is 0 Å². The predicted molar refractivity (Wildman–Crippen MR) is 120 cm³/mol. The van der Waals surface area contributed by atoms with E-state index in [4.69, 9.17) is 4.43 Å². The fraction of sp³-hybridized carbons (Fsp3) is 0.375. The highest BCUT2D eigenvalue weighted by atomic mass is 28.4. The van der Waals surface area contributed by atoms with Crippen molar-refractivity contribution in [1.82, 2.24) is 0 Å². The van der Waals surface area contributed by atoms with Crippen LogP contribution in [0.5, 0.6) is 0 Å². The Morgan fingerprint density at radius 3 is 2.00 bits per heavy atom. The first kappa shape index (κ1) is 23.1. The number of esters is 1. The molecule has 156 valence electrons. The lowest BCUT2D eigenvalue weighted by Gasteiger charge is -2.43. The van der Waals surface area contributed by atoms with Crippen molar-refractivity contribution in [3.63, 3.8) is 0 Å². The molecule has 0 saturated heterocycles. The smallest absolute Gasteiger partial charge is 0.330 e. The predicted octanol–water partition coefficient (Wildman–Crippen LogP) is 3.43. The molecule has 1 N–H and O–H groups in total. The van der Waals surface area contributed by atoms with Gasteiger partial charge in [0.15, 0.2) is 0 Å². The summed E-state index contributed by atoms with van der Waals surface area (Å²) in [5.41, 5.74) is 0. The van der Waals surface area contributed by atoms with E-state index in [1.807, 2.05) is 12.1 Å². The van der Waals surface area contributed by atoms with Crippen molar-refractivity contribution in [3.8, 4) is 0 Å². The fourth-order valence-corrected chi connectivity index (χ4v) is 8.20. The molecular weight excluding hydrogens is 380 g/mol. The third-order valence-electron chi connectivity index (χ3n) is 5.05. The van der Waals surface area contributed by atoms with E-state index in [2.05, 4.69) is 74.0 Å². The van der Waals surface area contributed by atoms with Gasteiger partial charge in [-0.2, -0.15) is 0 Å². The molecule has 0 radical (unpaired) electrons. The lowest BCUT2D eigenvalue weighted by atomic mass is 10.2. The van der Waals surface area contributed by atoms with Crippen LogP contribution in [0.15, 0.2) is 72.8 Å². The molecule has 0 aliphatic heterocycles. The zero-order valence-corrected chi connectivity index (χ0v) is 18.8. The highest BCUT2D eigenvalue weighted by Gasteiger charge is 2.49. The van der Waals surface area contributed by atoms with Gasteiger partial charge in [0.05, 0.1) is 13.2 Å². The maximum atomic E-state index is 11.2. The van der Waals surface area contributed by atoms with Gasteiger partial charge in [-0.15, -0.1) is 0 Å². The molecule has 5 heteroatoms. The van der Waals surface area contributed by atoms with Crippen LogP contribution in [0.2, 0.25) is 5.04 Å². The average molecular weight is 413 g/mol. The molecule has 0 aliphatic rings. The van der Waals surface area contributed by atoms with Crippen molar-refractivity contribution in [2.45, 2.75) is 44.8 Å². The second-order valence-electron chi connectivity index (χ2n) is 8.12. The second kappa shape index (κ2) is 10.5. The molecule has 1 atom stereocenters. The topological polar surface area (TPSA) is 55.8 Å². The van der Waals surface area contributed by atoms with Gasteiger partial charge in [-0.25, -0.2) is 4.79 Å². The van der Waals surface area contributed by atoms with E-state index in [1.54, 1.807) is 6.08 Å². The molecule has 29 heavy (non-hydrogen) atoms. The van der Waals surface area contributed by atoms with Crippen LogP contribution in [0, 0.1) is 0 Å². The monoisotopic (exact) mass is 412 g/mol. The van der Waals surface area contributed by atoms with E-state index in [0.717, 1.165) is 0 Å². The Bertz CT molecular complexity index is 742. The maximum absolute atomic E-state index is 11.2. The van der Waals surface area contributed by atoms with Crippen molar-refractivity contribution in [2.75, 3.05) is 13.7 Å². The number of carbonyl (C=O) groups is 1. The normalized spacial score (nSPS) is 13.4. The van der Waals surface area contributed by atoms with Gasteiger partial charge in [-0.3, -0.25) is 0 Å². The molecule has 0 saturated carbocycles. The van der Waals surface area contributed by atoms with Gasteiger partial charge in [-0.05, 0) is 28.3 Å². The first-order valence-electron chi connectivity index (χ1n) is 9.99. The minimum atomic E-state index is -2.57. The zero-order valence-electron chi connectivity index (χ0n) is 17.8. The zero-order chi connectivity index (χ0) is 21.3. The molecular formula is C24H32O4Si. The largest absolute Gasteiger partial charge is 0.466 e. The Morgan fingerprint density at radius 1 is 1.03 bits per heavy atom. The lowest BCUT2D eigenvalue weighted by Crippen LogP contribution is -2.66. The Labute approximate surface area is 175 Å². The second-order valence-corrected chi connectivity index (χ2v) is 12.4. The molecule has 0 amide bonds. The third kappa shape index (κ3) is 5.89. The molecule has 0 spiro atoms. The van der Waals surface area contributed by atoms with Crippen LogP contribution < -0.4 is 10.4 Å². The van der Waals surface area contributed by atoms with Gasteiger partial charge in [-0.1, -0.05) is 87.5 Å². The van der Waals surface area contributed by atoms with E-state index in [0.29, 0.717) is 19.4 Å². The number of aliphatic hydroxyl groups excluding tert-OH is 1. The van der Waals surface area contributed by atoms with E-state index >= 15 is 0 Å². The molecule has 0 bridgehead atoms. The van der Waals surface area contributed by atoms with Crippen LogP contribution in [-0.2, 0) is 14.0 Å². The van der Waals surface area contributed by atoms with Gasteiger partial charge in [0.25, 0.3) is 8.32 Å². The highest BCUT2D eigenvalue weighted by molar-refractivity contribution is 6.99. The molecule has 2 rings (SSSR count). The van der Waals surface area contributed by atoms with E-state index in [-0.39, 0.29) is 5.04 Å². The van der Waals surface area contributed by atoms with E-state index < -0.39 is 20.4 Å². The molecule has 0 aromatic heterocycles. The molecule has 0 heterocycles. The summed E-state index contributed by atoms with van der Waals surface area (Å²) in [4.78, 5) is 11.2. The number of benzene rings is 2. The van der Waals surface area contributed by atoms with Crippen LogP contribution in [0.4, 0.5) is 0 Å². The summed E-state index contributed by atoms with van der Waals surface area (Å²) in [5.74, 6) is -0.416. The number of hydrogen-bond acceptors (Lipinski definition) is 4. The maximum Gasteiger partial charge on any atom is 0.330 e. The van der Waals surface area contributed by atoms with Crippen LogP contribution >= 0.6 is 0 Å². The summed E-state index contributed by atoms with van der Waals surface area (Å²) in [5, 5.41) is 12.7. The summed E-state index contributed by atoms with van der Waals surface area (Å²) >= 11 is 0.